The van der Waals surface area contributed by atoms with Gasteiger partial charge in [-0.2, -0.15) is 5.10 Å². The number of aliphatic hydroxyl groups excluding tert-OH is 1. The van der Waals surface area contributed by atoms with E-state index in [1.165, 1.54) is 23.7 Å². The van der Waals surface area contributed by atoms with Crippen molar-refractivity contribution in [2.45, 2.75) is 13.0 Å². The number of amides is 2. The van der Waals surface area contributed by atoms with Gasteiger partial charge in [0.2, 0.25) is 0 Å². The number of aryl methyl sites for hydroxylation is 1. The molecule has 2 amide bonds. The summed E-state index contributed by atoms with van der Waals surface area (Å²) >= 11 is 7.27. The van der Waals surface area contributed by atoms with Gasteiger partial charge >= 0.3 is 0 Å². The number of aliphatic hydroxyl groups is 1. The number of fused-ring (bicyclic) bond motifs is 1. The van der Waals surface area contributed by atoms with E-state index in [4.69, 9.17) is 11.6 Å². The topological polar surface area (TPSA) is 120 Å². The summed E-state index contributed by atoms with van der Waals surface area (Å²) in [5.41, 5.74) is 2.10. The van der Waals surface area contributed by atoms with Gasteiger partial charge in [0.15, 0.2) is 5.65 Å². The monoisotopic (exact) mass is 393 g/mol. The predicted octanol–water partition coefficient (Wildman–Crippen LogP) is 1.50. The number of thiophene rings is 1. The zero-order chi connectivity index (χ0) is 18.7. The van der Waals surface area contributed by atoms with Crippen molar-refractivity contribution in [3.8, 4) is 0 Å². The first-order valence-electron chi connectivity index (χ1n) is 7.73. The molecule has 26 heavy (non-hydrogen) atoms. The smallest absolute Gasteiger partial charge is 0.254 e. The molecule has 8 nitrogen and oxygen atoms in total. The number of halogens is 1. The Morgan fingerprint density at radius 2 is 2.08 bits per heavy atom. The number of nitrogens with zero attached hydrogens (tertiary/aromatic N) is 2. The fourth-order valence-corrected chi connectivity index (χ4v) is 3.55. The summed E-state index contributed by atoms with van der Waals surface area (Å²) in [5, 5.41) is 24.2. The van der Waals surface area contributed by atoms with Gasteiger partial charge in [0, 0.05) is 19.3 Å². The molecule has 3 aromatic rings. The number of hydrogen-bond donors (Lipinski definition) is 4. The molecule has 3 heterocycles. The van der Waals surface area contributed by atoms with Crippen LogP contribution in [0.1, 0.15) is 26.3 Å². The van der Waals surface area contributed by atoms with Gasteiger partial charge in [-0.15, -0.1) is 11.3 Å². The third-order valence-corrected chi connectivity index (χ3v) is 5.09. The molecule has 0 saturated carbocycles. The molecule has 136 valence electrons. The lowest BCUT2D eigenvalue weighted by Crippen LogP contribution is -2.40. The molecule has 10 heteroatoms. The number of carbonyl (C=O) groups is 2. The Morgan fingerprint density at radius 1 is 1.35 bits per heavy atom. The minimum absolute atomic E-state index is 0.0117. The molecule has 0 aliphatic rings. The van der Waals surface area contributed by atoms with E-state index >= 15 is 0 Å². The molecule has 0 fully saturated rings. The average Bonchev–Trinajstić information content (AvgIpc) is 3.23. The Kier molecular flexibility index (Phi) is 5.50. The number of pyridine rings is 1. The Labute approximate surface area is 157 Å². The normalized spacial score (nSPS) is 12.1. The van der Waals surface area contributed by atoms with Crippen LogP contribution in [0, 0.1) is 6.92 Å². The maximum absolute atomic E-state index is 12.3. The molecule has 0 aromatic carbocycles. The second-order valence-corrected chi connectivity index (χ2v) is 7.11. The molecule has 0 spiro atoms. The van der Waals surface area contributed by atoms with E-state index in [2.05, 4.69) is 25.8 Å². The lowest BCUT2D eigenvalue weighted by Gasteiger charge is -2.13. The summed E-state index contributed by atoms with van der Waals surface area (Å²) in [6.45, 7) is 1.76. The first kappa shape index (κ1) is 18.3. The van der Waals surface area contributed by atoms with E-state index in [1.54, 1.807) is 18.4 Å². The summed E-state index contributed by atoms with van der Waals surface area (Å²) < 4.78 is 0.407. The van der Waals surface area contributed by atoms with E-state index in [-0.39, 0.29) is 24.9 Å². The quantitative estimate of drug-likeness (QED) is 0.506. The van der Waals surface area contributed by atoms with Crippen LogP contribution in [-0.2, 0) is 0 Å². The highest BCUT2D eigenvalue weighted by Crippen LogP contribution is 2.26. The first-order valence-corrected chi connectivity index (χ1v) is 8.99. The Morgan fingerprint density at radius 3 is 2.77 bits per heavy atom. The number of rotatable bonds is 6. The summed E-state index contributed by atoms with van der Waals surface area (Å²) in [5.74, 6) is -0.714. The summed E-state index contributed by atoms with van der Waals surface area (Å²) in [6, 6.07) is 1.57. The molecule has 3 rings (SSSR count). The highest BCUT2D eigenvalue weighted by Gasteiger charge is 2.17. The van der Waals surface area contributed by atoms with Gasteiger partial charge in [0.05, 0.1) is 28.8 Å². The number of H-pyrrole nitrogens is 1. The molecular weight excluding hydrogens is 378 g/mol. The van der Waals surface area contributed by atoms with Gasteiger partial charge in [-0.1, -0.05) is 11.6 Å². The molecule has 0 bridgehead atoms. The Balaban J connectivity index is 1.53. The predicted molar refractivity (Wildman–Crippen MR) is 98.6 cm³/mol. The number of carbonyl (C=O) groups excluding carboxylic acids is 2. The zero-order valence-corrected chi connectivity index (χ0v) is 15.3. The zero-order valence-electron chi connectivity index (χ0n) is 13.7. The fraction of sp³-hybridized carbons (Fsp3) is 0.250. The maximum atomic E-state index is 12.3. The SMILES string of the molecule is Cc1csc(Cl)c1C(=O)NC[C@H](O)CNC(=O)c1ccnc2[nH]ncc12. The van der Waals surface area contributed by atoms with E-state index in [0.717, 1.165) is 5.56 Å². The molecular formula is C16H16ClN5O3S. The average molecular weight is 394 g/mol. The minimum atomic E-state index is -0.942. The molecule has 0 aliphatic heterocycles. The van der Waals surface area contributed by atoms with Crippen LogP contribution >= 0.6 is 22.9 Å². The van der Waals surface area contributed by atoms with E-state index < -0.39 is 6.10 Å². The largest absolute Gasteiger partial charge is 0.389 e. The van der Waals surface area contributed by atoms with Crippen molar-refractivity contribution in [3.63, 3.8) is 0 Å². The van der Waals surface area contributed by atoms with Gasteiger partial charge in [-0.05, 0) is 23.9 Å². The van der Waals surface area contributed by atoms with Gasteiger partial charge in [0.1, 0.15) is 4.34 Å². The third-order valence-electron chi connectivity index (χ3n) is 3.75. The summed E-state index contributed by atoms with van der Waals surface area (Å²) in [7, 11) is 0. The van der Waals surface area contributed by atoms with Crippen LogP contribution in [0.4, 0.5) is 0 Å². The number of nitrogens with one attached hydrogen (secondary N) is 3. The summed E-state index contributed by atoms with van der Waals surface area (Å²) in [6.07, 6.45) is 2.07. The Bertz CT molecular complexity index is 935. The Hall–Kier alpha value is -2.49. The third kappa shape index (κ3) is 3.85. The molecule has 0 radical (unpaired) electrons. The molecule has 3 aromatic heterocycles. The van der Waals surface area contributed by atoms with Crippen LogP contribution in [0.2, 0.25) is 4.34 Å². The lowest BCUT2D eigenvalue weighted by molar-refractivity contribution is 0.0886. The fourth-order valence-electron chi connectivity index (χ4n) is 2.41. The minimum Gasteiger partial charge on any atom is -0.389 e. The van der Waals surface area contributed by atoms with Crippen LogP contribution < -0.4 is 10.6 Å². The van der Waals surface area contributed by atoms with Crippen molar-refractivity contribution in [2.75, 3.05) is 13.1 Å². The van der Waals surface area contributed by atoms with Crippen molar-refractivity contribution in [2.24, 2.45) is 0 Å². The van der Waals surface area contributed by atoms with Gasteiger partial charge in [-0.3, -0.25) is 14.7 Å². The number of aromatic nitrogens is 3. The number of hydrogen-bond acceptors (Lipinski definition) is 6. The van der Waals surface area contributed by atoms with Crippen molar-refractivity contribution in [3.05, 3.63) is 44.9 Å². The molecule has 1 atom stereocenters. The second kappa shape index (κ2) is 7.81. The van der Waals surface area contributed by atoms with Crippen LogP contribution in [0.3, 0.4) is 0 Å². The standard InChI is InChI=1S/C16H16ClN5O3S/c1-8-7-26-13(17)12(8)16(25)20-5-9(23)4-19-15(24)10-2-3-18-14-11(10)6-21-22-14/h2-3,6-7,9,23H,4-5H2,1H3,(H,19,24)(H,20,25)(H,18,21,22)/t9-/m1/s1. The molecule has 0 unspecified atom stereocenters. The van der Waals surface area contributed by atoms with Crippen molar-refractivity contribution < 1.29 is 14.7 Å². The second-order valence-electron chi connectivity index (χ2n) is 5.63. The molecule has 0 aliphatic carbocycles. The maximum Gasteiger partial charge on any atom is 0.254 e. The van der Waals surface area contributed by atoms with Gasteiger partial charge in [-0.25, -0.2) is 4.98 Å². The van der Waals surface area contributed by atoms with Crippen molar-refractivity contribution in [1.82, 2.24) is 25.8 Å². The molecule has 4 N–H and O–H groups in total. The van der Waals surface area contributed by atoms with Crippen molar-refractivity contribution in [1.29, 1.82) is 0 Å². The highest BCUT2D eigenvalue weighted by atomic mass is 35.5. The van der Waals surface area contributed by atoms with E-state index in [1.807, 2.05) is 0 Å². The first-order chi connectivity index (χ1) is 12.5. The van der Waals surface area contributed by atoms with Crippen LogP contribution in [0.25, 0.3) is 11.0 Å². The lowest BCUT2D eigenvalue weighted by atomic mass is 10.2. The number of aromatic amines is 1. The van der Waals surface area contributed by atoms with Crippen LogP contribution in [0.5, 0.6) is 0 Å². The van der Waals surface area contributed by atoms with Crippen LogP contribution in [-0.4, -0.2) is 51.3 Å². The van der Waals surface area contributed by atoms with Crippen molar-refractivity contribution >= 4 is 45.8 Å². The summed E-state index contributed by atoms with van der Waals surface area (Å²) in [4.78, 5) is 28.5. The van der Waals surface area contributed by atoms with Gasteiger partial charge < -0.3 is 15.7 Å². The van der Waals surface area contributed by atoms with Crippen LogP contribution in [0.15, 0.2) is 23.8 Å². The van der Waals surface area contributed by atoms with E-state index in [0.29, 0.717) is 26.5 Å². The van der Waals surface area contributed by atoms with E-state index in [9.17, 15) is 14.7 Å². The van der Waals surface area contributed by atoms with Gasteiger partial charge in [0.25, 0.3) is 11.8 Å². The highest BCUT2D eigenvalue weighted by molar-refractivity contribution is 7.15. The molecule has 0 saturated heterocycles.